The van der Waals surface area contributed by atoms with Gasteiger partial charge in [-0.05, 0) is 67.7 Å². The molecule has 0 saturated heterocycles. The van der Waals surface area contributed by atoms with Crippen LogP contribution in [0.25, 0.3) is 0 Å². The Labute approximate surface area is 231 Å². The molecule has 0 saturated carbocycles. The van der Waals surface area contributed by atoms with Crippen LogP contribution in [0.5, 0.6) is 5.75 Å². The normalized spacial score (nSPS) is 20.5. The van der Waals surface area contributed by atoms with Crippen molar-refractivity contribution in [2.45, 2.75) is 52.1 Å². The Morgan fingerprint density at radius 1 is 0.974 bits per heavy atom. The number of nitrogens with zero attached hydrogens (tertiary/aromatic N) is 2. The number of sulfonamides is 1. The maximum atomic E-state index is 12.0. The van der Waals surface area contributed by atoms with Crippen molar-refractivity contribution in [2.24, 2.45) is 16.9 Å². The van der Waals surface area contributed by atoms with Crippen molar-refractivity contribution in [3.8, 4) is 5.75 Å². The summed E-state index contributed by atoms with van der Waals surface area (Å²) >= 11 is 0. The Morgan fingerprint density at radius 3 is 2.28 bits per heavy atom. The van der Waals surface area contributed by atoms with Crippen LogP contribution in [0.2, 0.25) is 0 Å². The van der Waals surface area contributed by atoms with Crippen LogP contribution >= 0.6 is 0 Å². The maximum Gasteiger partial charge on any atom is 0.404 e. The van der Waals surface area contributed by atoms with Gasteiger partial charge in [0.2, 0.25) is 10.0 Å². The van der Waals surface area contributed by atoms with Crippen LogP contribution in [0, 0.1) is 11.8 Å². The number of benzene rings is 2. The van der Waals surface area contributed by atoms with Crippen LogP contribution in [-0.4, -0.2) is 46.8 Å². The number of halogens is 3. The predicted octanol–water partition coefficient (Wildman–Crippen LogP) is 6.60. The van der Waals surface area contributed by atoms with Crippen molar-refractivity contribution in [2.75, 3.05) is 31.0 Å². The number of alkyl halides is 3. The maximum absolute atomic E-state index is 12.0. The summed E-state index contributed by atoms with van der Waals surface area (Å²) in [5, 5.41) is 6.72. The monoisotopic (exact) mass is 567 g/mol. The molecule has 1 heterocycles. The molecule has 0 radical (unpaired) electrons. The van der Waals surface area contributed by atoms with Crippen LogP contribution in [-0.2, 0) is 16.4 Å². The van der Waals surface area contributed by atoms with Crippen molar-refractivity contribution >= 4 is 21.9 Å². The SMILES string of the molecule is CC1CC/C=N\N(c2ccccc2)C/C=C/CC[C@@H]1C.COc1ccccc1CCNS(=O)(=O)CC(F)(F)F. The van der Waals surface area contributed by atoms with E-state index < -0.39 is 22.0 Å². The van der Waals surface area contributed by atoms with Crippen molar-refractivity contribution in [1.82, 2.24) is 4.72 Å². The highest BCUT2D eigenvalue weighted by Crippen LogP contribution is 2.22. The minimum Gasteiger partial charge on any atom is -0.496 e. The molecule has 39 heavy (non-hydrogen) atoms. The first-order valence-electron chi connectivity index (χ1n) is 13.2. The Kier molecular flexibility index (Phi) is 13.5. The molecule has 0 aliphatic carbocycles. The third kappa shape index (κ3) is 13.2. The Bertz CT molecular complexity index is 1140. The quantitative estimate of drug-likeness (QED) is 0.383. The van der Waals surface area contributed by atoms with E-state index in [9.17, 15) is 21.6 Å². The van der Waals surface area contributed by atoms with Gasteiger partial charge in [-0.1, -0.05) is 62.4 Å². The molecule has 1 N–H and O–H groups in total. The number of hydrogen-bond acceptors (Lipinski definition) is 5. The number of hydrogen-bond donors (Lipinski definition) is 1. The lowest BCUT2D eigenvalue weighted by molar-refractivity contribution is -0.106. The largest absolute Gasteiger partial charge is 0.496 e. The van der Waals surface area contributed by atoms with Gasteiger partial charge in [-0.25, -0.2) is 13.1 Å². The van der Waals surface area contributed by atoms with Crippen molar-refractivity contribution in [1.29, 1.82) is 0 Å². The molecule has 0 spiro atoms. The van der Waals surface area contributed by atoms with E-state index in [1.807, 2.05) is 10.8 Å². The first-order valence-corrected chi connectivity index (χ1v) is 14.8. The number of methoxy groups -OCH3 is 1. The Hall–Kier alpha value is -2.85. The topological polar surface area (TPSA) is 71.0 Å². The average molecular weight is 568 g/mol. The third-order valence-corrected chi connectivity index (χ3v) is 7.85. The Balaban J connectivity index is 0.000000274. The molecule has 10 heteroatoms. The minimum atomic E-state index is -4.74. The fraction of sp³-hybridized carbons (Fsp3) is 0.483. The lowest BCUT2D eigenvalue weighted by atomic mass is 9.88. The molecule has 1 unspecified atom stereocenters. The van der Waals surface area contributed by atoms with Crippen molar-refractivity contribution < 1.29 is 26.3 Å². The standard InChI is InChI=1S/C18H26N2.C11H14F3NO3S/c1-16-10-5-4-8-15-20(18-12-6-3-7-13-18)19-14-9-11-17(16)2;1-18-10-5-3-2-4-9(10)6-7-15-19(16,17)8-11(12,13)14/h3-4,6-8,12-14,16-17H,5,9-11,15H2,1-2H3;2-5,15H,6-8H2,1H3/b8-4+,19-14-;/t16-,17?;/m0./s1. The minimum absolute atomic E-state index is 0.112. The number of allylic oxidation sites excluding steroid dienone is 1. The third-order valence-electron chi connectivity index (χ3n) is 6.49. The van der Waals surface area contributed by atoms with Gasteiger partial charge in [0.25, 0.3) is 0 Å². The number of nitrogens with one attached hydrogen (secondary N) is 1. The van der Waals surface area contributed by atoms with Crippen LogP contribution in [0.15, 0.2) is 71.9 Å². The average Bonchev–Trinajstić information content (AvgIpc) is 2.88. The molecule has 2 atom stereocenters. The number of ether oxygens (including phenoxy) is 1. The highest BCUT2D eigenvalue weighted by atomic mass is 32.2. The van der Waals surface area contributed by atoms with E-state index in [1.165, 1.54) is 26.4 Å². The second kappa shape index (κ2) is 16.3. The van der Waals surface area contributed by atoms with Gasteiger partial charge in [-0.15, -0.1) is 0 Å². The zero-order valence-electron chi connectivity index (χ0n) is 22.9. The lowest BCUT2D eigenvalue weighted by Crippen LogP contribution is -2.34. The van der Waals surface area contributed by atoms with Gasteiger partial charge in [0, 0.05) is 12.8 Å². The summed E-state index contributed by atoms with van der Waals surface area (Å²) in [5.41, 5.74) is 1.88. The van der Waals surface area contributed by atoms with Gasteiger partial charge in [-0.2, -0.15) is 18.3 Å². The van der Waals surface area contributed by atoms with E-state index in [0.29, 0.717) is 5.75 Å². The van der Waals surface area contributed by atoms with Crippen molar-refractivity contribution in [3.05, 3.63) is 72.3 Å². The lowest BCUT2D eigenvalue weighted by Gasteiger charge is -2.20. The van der Waals surface area contributed by atoms with Gasteiger partial charge in [-0.3, -0.25) is 5.01 Å². The first-order chi connectivity index (χ1) is 18.5. The van der Waals surface area contributed by atoms with E-state index >= 15 is 0 Å². The molecule has 6 nitrogen and oxygen atoms in total. The molecule has 0 fully saturated rings. The molecule has 2 aromatic rings. The number of hydrazone groups is 1. The summed E-state index contributed by atoms with van der Waals surface area (Å²) in [6.45, 7) is 5.48. The molecule has 1 aliphatic heterocycles. The fourth-order valence-corrected chi connectivity index (χ4v) is 5.00. The van der Waals surface area contributed by atoms with E-state index in [0.717, 1.165) is 36.1 Å². The molecular weight excluding hydrogens is 527 g/mol. The molecule has 0 aromatic heterocycles. The fourth-order valence-electron chi connectivity index (χ4n) is 4.05. The molecular formula is C29H40F3N3O3S. The number of para-hydroxylation sites is 2. The molecule has 216 valence electrons. The summed E-state index contributed by atoms with van der Waals surface area (Å²) in [6.07, 6.45) is 6.90. The zero-order chi connectivity index (χ0) is 28.7. The molecule has 3 rings (SSSR count). The van der Waals surface area contributed by atoms with Crippen LogP contribution in [0.1, 0.15) is 45.1 Å². The van der Waals surface area contributed by atoms with Gasteiger partial charge in [0.15, 0.2) is 5.75 Å². The highest BCUT2D eigenvalue weighted by Gasteiger charge is 2.34. The van der Waals surface area contributed by atoms with Crippen LogP contribution in [0.3, 0.4) is 0 Å². The molecule has 1 aliphatic rings. The van der Waals surface area contributed by atoms with Gasteiger partial charge in [0.1, 0.15) is 5.75 Å². The van der Waals surface area contributed by atoms with Crippen LogP contribution < -0.4 is 14.5 Å². The summed E-state index contributed by atoms with van der Waals surface area (Å²) in [7, 11) is -2.88. The van der Waals surface area contributed by atoms with E-state index in [-0.39, 0.29) is 13.0 Å². The van der Waals surface area contributed by atoms with Crippen molar-refractivity contribution in [3.63, 3.8) is 0 Å². The number of rotatable bonds is 7. The molecule has 0 bridgehead atoms. The van der Waals surface area contributed by atoms with Crippen LogP contribution in [0.4, 0.5) is 18.9 Å². The predicted molar refractivity (Wildman–Crippen MR) is 153 cm³/mol. The van der Waals surface area contributed by atoms with E-state index in [2.05, 4.69) is 66.6 Å². The second-order valence-electron chi connectivity index (χ2n) is 9.63. The van der Waals surface area contributed by atoms with E-state index in [4.69, 9.17) is 4.74 Å². The first kappa shape index (κ1) is 32.4. The smallest absolute Gasteiger partial charge is 0.404 e. The molecule has 2 aromatic carbocycles. The summed E-state index contributed by atoms with van der Waals surface area (Å²) < 4.78 is 65.2. The number of anilines is 1. The highest BCUT2D eigenvalue weighted by molar-refractivity contribution is 7.89. The van der Waals surface area contributed by atoms with Gasteiger partial charge < -0.3 is 4.74 Å². The Morgan fingerprint density at radius 2 is 1.62 bits per heavy atom. The van der Waals surface area contributed by atoms with E-state index in [1.54, 1.807) is 24.3 Å². The molecule has 0 amide bonds. The van der Waals surface area contributed by atoms with Gasteiger partial charge >= 0.3 is 6.18 Å². The van der Waals surface area contributed by atoms with Gasteiger partial charge in [0.05, 0.1) is 19.3 Å². The summed E-state index contributed by atoms with van der Waals surface area (Å²) in [5.74, 6) is 0.279. The zero-order valence-corrected chi connectivity index (χ0v) is 23.7. The second-order valence-corrected chi connectivity index (χ2v) is 11.4. The summed E-state index contributed by atoms with van der Waals surface area (Å²) in [4.78, 5) is 0. The summed E-state index contributed by atoms with van der Waals surface area (Å²) in [6, 6.07) is 17.3.